The topological polar surface area (TPSA) is 70.8 Å². The Balaban J connectivity index is 1.82. The molecule has 0 unspecified atom stereocenters. The van der Waals surface area contributed by atoms with E-state index in [9.17, 15) is 14.4 Å². The number of carbonyl (C=O) groups excluding carboxylic acids is 1. The fourth-order valence-electron chi connectivity index (χ4n) is 4.40. The summed E-state index contributed by atoms with van der Waals surface area (Å²) in [7, 11) is 1.70. The number of hydroxylamine groups is 2. The molecule has 0 fully saturated rings. The number of ether oxygens (including phenoxy) is 1. The Morgan fingerprint density at radius 3 is 2.64 bits per heavy atom. The van der Waals surface area contributed by atoms with E-state index in [1.807, 2.05) is 0 Å². The van der Waals surface area contributed by atoms with Gasteiger partial charge in [-0.05, 0) is 56.0 Å². The molecule has 176 valence electrons. The monoisotopic (exact) mass is 454 g/mol. The number of amides is 1. The first-order chi connectivity index (χ1) is 15.7. The predicted octanol–water partition coefficient (Wildman–Crippen LogP) is 3.86. The summed E-state index contributed by atoms with van der Waals surface area (Å²) >= 11 is 0. The number of pyridine rings is 1. The molecule has 33 heavy (non-hydrogen) atoms. The summed E-state index contributed by atoms with van der Waals surface area (Å²) in [4.78, 5) is 19.3. The third kappa shape index (κ3) is 4.78. The maximum absolute atomic E-state index is 13.4. The maximum atomic E-state index is 13.4. The second-order valence-corrected chi connectivity index (χ2v) is 9.52. The molecule has 0 radical (unpaired) electrons. The van der Waals surface area contributed by atoms with Crippen molar-refractivity contribution in [3.63, 3.8) is 0 Å². The Hall–Kier alpha value is -2.81. The zero-order valence-corrected chi connectivity index (χ0v) is 19.6. The molecule has 3 heterocycles. The third-order valence-corrected chi connectivity index (χ3v) is 6.25. The van der Waals surface area contributed by atoms with E-state index in [-0.39, 0.29) is 17.9 Å². The Morgan fingerprint density at radius 2 is 1.97 bits per heavy atom. The Bertz CT molecular complexity index is 1150. The average molecular weight is 455 g/mol. The van der Waals surface area contributed by atoms with Gasteiger partial charge in [-0.2, -0.15) is 0 Å². The molecule has 0 saturated carbocycles. The van der Waals surface area contributed by atoms with Gasteiger partial charge in [0.25, 0.3) is 5.91 Å². The van der Waals surface area contributed by atoms with Crippen LogP contribution < -0.4 is 0 Å². The van der Waals surface area contributed by atoms with Crippen molar-refractivity contribution in [2.24, 2.45) is 0 Å². The van der Waals surface area contributed by atoms with Gasteiger partial charge < -0.3 is 9.30 Å². The van der Waals surface area contributed by atoms with E-state index in [0.717, 1.165) is 39.2 Å². The standard InChI is InChI=1S/C25H31FN4O3/c1-25(2,3)29(11-12-33-4)16-18-15-28(14-17-5-7-19(26)8-6-17)21-13-27-23-20(22(18)21)9-10-30(32)24(23)31/h5-8,13,15,32H,9-12,14,16H2,1-4H3. The summed E-state index contributed by atoms with van der Waals surface area (Å²) in [5.74, 6) is -0.735. The molecule has 1 aromatic carbocycles. The molecular formula is C25H31FN4O3. The highest BCUT2D eigenvalue weighted by molar-refractivity contribution is 6.00. The first kappa shape index (κ1) is 23.4. The number of rotatable bonds is 7. The fraction of sp³-hybridized carbons (Fsp3) is 0.440. The quantitative estimate of drug-likeness (QED) is 0.549. The lowest BCUT2D eigenvalue weighted by Gasteiger charge is -2.35. The molecule has 0 bridgehead atoms. The molecule has 7 nitrogen and oxygen atoms in total. The van der Waals surface area contributed by atoms with Crippen molar-refractivity contribution in [3.8, 4) is 0 Å². The van der Waals surface area contributed by atoms with Crippen LogP contribution in [0.5, 0.6) is 0 Å². The molecule has 0 spiro atoms. The number of halogens is 1. The van der Waals surface area contributed by atoms with Crippen molar-refractivity contribution >= 4 is 16.8 Å². The zero-order chi connectivity index (χ0) is 23.8. The van der Waals surface area contributed by atoms with E-state index < -0.39 is 5.91 Å². The Kier molecular flexibility index (Phi) is 6.52. The van der Waals surface area contributed by atoms with Crippen molar-refractivity contribution in [2.75, 3.05) is 26.8 Å². The molecule has 2 aromatic heterocycles. The van der Waals surface area contributed by atoms with Crippen molar-refractivity contribution in [2.45, 2.75) is 45.8 Å². The maximum Gasteiger partial charge on any atom is 0.296 e. The van der Waals surface area contributed by atoms with Crippen LogP contribution in [0.25, 0.3) is 10.9 Å². The molecule has 0 atom stereocenters. The molecule has 1 N–H and O–H groups in total. The minimum atomic E-state index is -0.470. The van der Waals surface area contributed by atoms with E-state index in [0.29, 0.717) is 31.8 Å². The number of hydrogen-bond acceptors (Lipinski definition) is 5. The summed E-state index contributed by atoms with van der Waals surface area (Å²) in [6, 6.07) is 6.48. The minimum absolute atomic E-state index is 0.0886. The van der Waals surface area contributed by atoms with Gasteiger partial charge in [-0.3, -0.25) is 14.9 Å². The minimum Gasteiger partial charge on any atom is -0.383 e. The molecule has 0 aliphatic carbocycles. The Labute approximate surface area is 193 Å². The summed E-state index contributed by atoms with van der Waals surface area (Å²) in [6.45, 7) is 9.37. The molecule has 1 aliphatic heterocycles. The highest BCUT2D eigenvalue weighted by Crippen LogP contribution is 2.32. The van der Waals surface area contributed by atoms with Gasteiger partial charge in [0.2, 0.25) is 0 Å². The van der Waals surface area contributed by atoms with Gasteiger partial charge in [0, 0.05) is 43.9 Å². The number of fused-ring (bicyclic) bond motifs is 3. The van der Waals surface area contributed by atoms with Crippen LogP contribution in [-0.4, -0.2) is 63.0 Å². The summed E-state index contributed by atoms with van der Waals surface area (Å²) in [5, 5.41) is 11.7. The smallest absolute Gasteiger partial charge is 0.296 e. The van der Waals surface area contributed by atoms with Crippen LogP contribution in [0.4, 0.5) is 4.39 Å². The van der Waals surface area contributed by atoms with Gasteiger partial charge in [-0.1, -0.05) is 12.1 Å². The number of aromatic nitrogens is 2. The van der Waals surface area contributed by atoms with Gasteiger partial charge in [0.05, 0.1) is 24.9 Å². The first-order valence-electron chi connectivity index (χ1n) is 11.2. The highest BCUT2D eigenvalue weighted by Gasteiger charge is 2.30. The van der Waals surface area contributed by atoms with Crippen molar-refractivity contribution in [1.82, 2.24) is 19.5 Å². The Morgan fingerprint density at radius 1 is 1.24 bits per heavy atom. The lowest BCUT2D eigenvalue weighted by Crippen LogP contribution is -2.42. The van der Waals surface area contributed by atoms with E-state index >= 15 is 0 Å². The van der Waals surface area contributed by atoms with Crippen LogP contribution in [0.2, 0.25) is 0 Å². The van der Waals surface area contributed by atoms with Gasteiger partial charge in [0.15, 0.2) is 0 Å². The second-order valence-electron chi connectivity index (χ2n) is 9.52. The fourth-order valence-corrected chi connectivity index (χ4v) is 4.40. The molecule has 1 amide bonds. The summed E-state index contributed by atoms with van der Waals surface area (Å²) in [5.41, 5.74) is 4.08. The molecule has 0 saturated heterocycles. The van der Waals surface area contributed by atoms with Crippen molar-refractivity contribution < 1.29 is 19.1 Å². The van der Waals surface area contributed by atoms with Crippen LogP contribution in [0, 0.1) is 5.82 Å². The van der Waals surface area contributed by atoms with E-state index in [2.05, 4.69) is 41.4 Å². The number of hydrogen-bond donors (Lipinski definition) is 1. The van der Waals surface area contributed by atoms with Crippen LogP contribution in [0.3, 0.4) is 0 Å². The largest absolute Gasteiger partial charge is 0.383 e. The average Bonchev–Trinajstić information content (AvgIpc) is 3.12. The van der Waals surface area contributed by atoms with Crippen molar-refractivity contribution in [3.05, 3.63) is 64.9 Å². The lowest BCUT2D eigenvalue weighted by molar-refractivity contribution is -0.0606. The summed E-state index contributed by atoms with van der Waals surface area (Å²) in [6.07, 6.45) is 4.34. The normalized spacial score (nSPS) is 14.4. The van der Waals surface area contributed by atoms with Gasteiger partial charge in [-0.25, -0.2) is 14.4 Å². The highest BCUT2D eigenvalue weighted by atomic mass is 19.1. The summed E-state index contributed by atoms with van der Waals surface area (Å²) < 4.78 is 20.9. The van der Waals surface area contributed by atoms with Crippen LogP contribution in [-0.2, 0) is 24.2 Å². The van der Waals surface area contributed by atoms with Gasteiger partial charge in [0.1, 0.15) is 11.5 Å². The number of nitrogens with zero attached hydrogens (tertiary/aromatic N) is 4. The van der Waals surface area contributed by atoms with E-state index in [1.54, 1.807) is 25.4 Å². The van der Waals surface area contributed by atoms with E-state index in [1.165, 1.54) is 12.1 Å². The number of benzene rings is 1. The molecule has 1 aliphatic rings. The van der Waals surface area contributed by atoms with Gasteiger partial charge in [-0.15, -0.1) is 0 Å². The number of carbonyl (C=O) groups is 1. The lowest BCUT2D eigenvalue weighted by atomic mass is 9.98. The molecule has 3 aromatic rings. The molecule has 4 rings (SSSR count). The van der Waals surface area contributed by atoms with Gasteiger partial charge >= 0.3 is 0 Å². The molecular weight excluding hydrogens is 423 g/mol. The SMILES string of the molecule is COCCN(Cc1cn(Cc2ccc(F)cc2)c2cnc3c(c12)CCN(O)C3=O)C(C)(C)C. The van der Waals surface area contributed by atoms with Crippen LogP contribution in [0.1, 0.15) is 48.0 Å². The zero-order valence-electron chi connectivity index (χ0n) is 19.6. The second kappa shape index (κ2) is 9.21. The predicted molar refractivity (Wildman–Crippen MR) is 124 cm³/mol. The molecule has 8 heteroatoms. The van der Waals surface area contributed by atoms with Crippen LogP contribution in [0.15, 0.2) is 36.7 Å². The van der Waals surface area contributed by atoms with Crippen molar-refractivity contribution in [1.29, 1.82) is 0 Å². The van der Waals surface area contributed by atoms with E-state index in [4.69, 9.17) is 4.74 Å². The third-order valence-electron chi connectivity index (χ3n) is 6.25. The first-order valence-corrected chi connectivity index (χ1v) is 11.2. The number of methoxy groups -OCH3 is 1. The van der Waals surface area contributed by atoms with Crippen LogP contribution >= 0.6 is 0 Å².